The van der Waals surface area contributed by atoms with Crippen LogP contribution in [0.25, 0.3) is 33.3 Å². The number of nitrogens with one attached hydrogen (secondary N) is 1. The van der Waals surface area contributed by atoms with Crippen LogP contribution in [0, 0.1) is 11.6 Å². The van der Waals surface area contributed by atoms with Gasteiger partial charge in [0.2, 0.25) is 11.9 Å². The van der Waals surface area contributed by atoms with Gasteiger partial charge in [-0.25, -0.2) is 52.5 Å². The number of piperazine rings is 2. The van der Waals surface area contributed by atoms with Gasteiger partial charge in [-0.05, 0) is 57.2 Å². The fraction of sp³-hybridized carbons (Fsp3) is 0.361. The number of fused-ring (bicyclic) bond motifs is 2. The number of carbonyl (C=O) groups is 1. The molecule has 4 aliphatic heterocycles. The van der Waals surface area contributed by atoms with Crippen LogP contribution in [0.3, 0.4) is 0 Å². The third-order valence-corrected chi connectivity index (χ3v) is 17.4. The van der Waals surface area contributed by atoms with E-state index in [0.29, 0.717) is 54.5 Å². The number of nitrogens with zero attached hydrogens (tertiary/aromatic N) is 19. The van der Waals surface area contributed by atoms with Gasteiger partial charge in [-0.1, -0.05) is 47.8 Å². The lowest BCUT2D eigenvalue weighted by Crippen LogP contribution is -2.48. The molecule has 28 heteroatoms. The normalized spacial score (nSPS) is 17.5. The van der Waals surface area contributed by atoms with E-state index in [4.69, 9.17) is 14.2 Å². The molecule has 10 aromatic rings. The number of amides is 1. The summed E-state index contributed by atoms with van der Waals surface area (Å²) in [6, 6.07) is 17.6. The third kappa shape index (κ3) is 14.2. The lowest BCUT2D eigenvalue weighted by atomic mass is 10.2. The number of halogens is 2. The van der Waals surface area contributed by atoms with Crippen LogP contribution in [0.1, 0.15) is 20.8 Å². The second kappa shape index (κ2) is 26.5. The number of rotatable bonds is 14. The first-order chi connectivity index (χ1) is 43.4. The monoisotopic (exact) mass is 1240 g/mol. The summed E-state index contributed by atoms with van der Waals surface area (Å²) < 4.78 is 52.9. The molecule has 0 radical (unpaired) electrons. The van der Waals surface area contributed by atoms with Crippen molar-refractivity contribution in [3.8, 4) is 22.3 Å². The quantitative estimate of drug-likeness (QED) is 0.111. The zero-order chi connectivity index (χ0) is 60.8. The third-order valence-electron chi connectivity index (χ3n) is 15.4. The zero-order valence-corrected chi connectivity index (χ0v) is 51.0. The van der Waals surface area contributed by atoms with Gasteiger partial charge >= 0.3 is 6.09 Å². The maximum absolute atomic E-state index is 14.0. The van der Waals surface area contributed by atoms with Crippen molar-refractivity contribution in [1.29, 1.82) is 0 Å². The molecule has 1 amide bonds. The minimum atomic E-state index is -0.545. The summed E-state index contributed by atoms with van der Waals surface area (Å²) in [5.41, 5.74) is 5.31. The molecule has 0 spiro atoms. The lowest BCUT2D eigenvalue weighted by Gasteiger charge is -2.35. The minimum Gasteiger partial charge on any atom is -0.444 e. The van der Waals surface area contributed by atoms with Gasteiger partial charge in [-0.15, -0.1) is 0 Å². The van der Waals surface area contributed by atoms with Crippen molar-refractivity contribution < 1.29 is 27.8 Å². The van der Waals surface area contributed by atoms with Crippen LogP contribution >= 0.6 is 23.5 Å². The van der Waals surface area contributed by atoms with E-state index in [-0.39, 0.29) is 29.9 Å². The highest BCUT2D eigenvalue weighted by Gasteiger charge is 2.30. The summed E-state index contributed by atoms with van der Waals surface area (Å²) in [4.78, 5) is 53.3. The molecule has 1 N–H and O–H groups in total. The van der Waals surface area contributed by atoms with Gasteiger partial charge in [0.15, 0.2) is 11.6 Å². The van der Waals surface area contributed by atoms with E-state index in [1.165, 1.54) is 35.7 Å². The van der Waals surface area contributed by atoms with Gasteiger partial charge in [0.1, 0.15) is 40.9 Å². The topological polar surface area (TPSA) is 221 Å². The fourth-order valence-corrected chi connectivity index (χ4v) is 12.5. The average Bonchev–Trinajstić information content (AvgIpc) is 1.97. The van der Waals surface area contributed by atoms with Crippen molar-refractivity contribution in [3.63, 3.8) is 0 Å². The summed E-state index contributed by atoms with van der Waals surface area (Å²) in [5, 5.41) is 21.4. The molecular formula is C61H66F2N20O4S2. The lowest BCUT2D eigenvalue weighted by molar-refractivity contribution is -0.0483. The first kappa shape index (κ1) is 59.1. The summed E-state index contributed by atoms with van der Waals surface area (Å²) >= 11 is 2.63. The number of aromatic nitrogens is 14. The number of morpholine rings is 2. The largest absolute Gasteiger partial charge is 0.444 e. The summed E-state index contributed by atoms with van der Waals surface area (Å²) in [5.74, 6) is 2.58. The van der Waals surface area contributed by atoms with Crippen molar-refractivity contribution in [2.75, 3.05) is 111 Å². The van der Waals surface area contributed by atoms with Crippen LogP contribution in [0.4, 0.5) is 37.1 Å². The summed E-state index contributed by atoms with van der Waals surface area (Å²) in [7, 11) is 0. The predicted octanol–water partition coefficient (Wildman–Crippen LogP) is 7.62. The van der Waals surface area contributed by atoms with E-state index >= 15 is 0 Å². The number of anilines is 4. The standard InChI is InChI=1S/C33H37FN10O3S.C28H29FN10OS/c1-33(2,3)47-32(45)42-12-13-46-25(20-42)21-43-18-24(15-38-43)23-14-28-30(37-22-39-44(28)19-23)40-8-10-41(11-9-40)31-35-16-26(17-36-31)48-29-7-5-4-6-27(29)34;29-24-3-1-2-4-26(24)41-23-14-31-28(32-15-23)37-8-6-36(7-9-37)27-25-11-20(17-39(25)35-19-33-27)21-12-34-38(16-21)18-22-13-30-5-10-40-22/h4-7,14-19,22,25H,8-13,20-21H2,1-3H3;1-4,11-12,14-17,19,22,30H,5-10,13,18H2/t25-;22-/m00/s1. The second-order valence-electron chi connectivity index (χ2n) is 22.8. The Morgan fingerprint density at radius 3 is 1.52 bits per heavy atom. The summed E-state index contributed by atoms with van der Waals surface area (Å²) in [6.45, 7) is 16.7. The molecule has 0 unspecified atom stereocenters. The SMILES string of the molecule is CC(C)(C)OC(=O)N1CCO[C@H](Cn2cc(-c3cc4c(N5CCN(c6ncc(Sc7ccccc7F)cn6)CC5)ncnn4c3)cn2)C1.Fc1ccccc1Sc1cnc(N2CCN(c3ncnn4cc(-c5cnn(C[C@@H]6CNCCO6)c5)cc34)CC2)nc1. The predicted molar refractivity (Wildman–Crippen MR) is 333 cm³/mol. The van der Waals surface area contributed by atoms with Gasteiger partial charge < -0.3 is 44.0 Å². The van der Waals surface area contributed by atoms with E-state index in [2.05, 4.69) is 93.5 Å². The highest BCUT2D eigenvalue weighted by molar-refractivity contribution is 7.99. The maximum Gasteiger partial charge on any atom is 0.410 e. The molecule has 0 saturated carbocycles. The molecule has 14 rings (SSSR count). The van der Waals surface area contributed by atoms with Crippen LogP contribution in [0.15, 0.2) is 155 Å². The molecule has 4 saturated heterocycles. The number of hydrogen-bond donors (Lipinski definition) is 1. The number of benzene rings is 2. The Morgan fingerprint density at radius 1 is 0.573 bits per heavy atom. The molecule has 4 aliphatic rings. The Hall–Kier alpha value is -8.83. The molecule has 0 aliphatic carbocycles. The first-order valence-corrected chi connectivity index (χ1v) is 31.1. The molecule has 24 nitrogen and oxygen atoms in total. The number of hydrogen-bond acceptors (Lipinski definition) is 21. The van der Waals surface area contributed by atoms with E-state index in [9.17, 15) is 13.6 Å². The zero-order valence-electron chi connectivity index (χ0n) is 49.4. The van der Waals surface area contributed by atoms with Crippen molar-refractivity contribution in [3.05, 3.63) is 147 Å². The minimum absolute atomic E-state index is 0.127. The molecule has 12 heterocycles. The Kier molecular flexibility index (Phi) is 17.6. The highest BCUT2D eigenvalue weighted by atomic mass is 32.2. The molecule has 4 fully saturated rings. The van der Waals surface area contributed by atoms with E-state index < -0.39 is 5.60 Å². The van der Waals surface area contributed by atoms with Gasteiger partial charge in [0, 0.05) is 163 Å². The Labute approximate surface area is 520 Å². The Balaban J connectivity index is 0.000000166. The van der Waals surface area contributed by atoms with Gasteiger partial charge in [0.25, 0.3) is 0 Å². The molecule has 8 aromatic heterocycles. The van der Waals surface area contributed by atoms with Gasteiger partial charge in [-0.2, -0.15) is 20.4 Å². The van der Waals surface area contributed by atoms with E-state index in [0.717, 1.165) is 127 Å². The van der Waals surface area contributed by atoms with Crippen LogP contribution in [0.2, 0.25) is 0 Å². The van der Waals surface area contributed by atoms with Crippen LogP contribution in [0.5, 0.6) is 0 Å². The first-order valence-electron chi connectivity index (χ1n) is 29.5. The Bertz CT molecular complexity index is 4030. The summed E-state index contributed by atoms with van der Waals surface area (Å²) in [6.07, 6.45) is 21.5. The van der Waals surface area contributed by atoms with Crippen molar-refractivity contribution in [2.45, 2.75) is 71.3 Å². The van der Waals surface area contributed by atoms with E-state index in [1.807, 2.05) is 82.3 Å². The number of ether oxygens (including phenoxy) is 3. The van der Waals surface area contributed by atoms with E-state index in [1.54, 1.807) is 66.6 Å². The fourth-order valence-electron chi connectivity index (χ4n) is 10.9. The second-order valence-corrected chi connectivity index (χ2v) is 25.0. The molecule has 460 valence electrons. The molecular weight excluding hydrogens is 1180 g/mol. The van der Waals surface area contributed by atoms with Crippen molar-refractivity contribution >= 4 is 64.2 Å². The Morgan fingerprint density at radius 2 is 1.04 bits per heavy atom. The van der Waals surface area contributed by atoms with Gasteiger partial charge in [-0.3, -0.25) is 9.36 Å². The van der Waals surface area contributed by atoms with Crippen LogP contribution in [-0.2, 0) is 27.3 Å². The smallest absolute Gasteiger partial charge is 0.410 e. The molecule has 2 aromatic carbocycles. The van der Waals surface area contributed by atoms with Crippen molar-refractivity contribution in [2.24, 2.45) is 0 Å². The van der Waals surface area contributed by atoms with Crippen LogP contribution in [-0.4, -0.2) is 189 Å². The highest BCUT2D eigenvalue weighted by Crippen LogP contribution is 2.33. The number of carbonyl (C=O) groups excluding carboxylic acids is 1. The average molecular weight is 1250 g/mol. The van der Waals surface area contributed by atoms with Gasteiger partial charge in [0.05, 0.1) is 57.4 Å². The molecule has 0 bridgehead atoms. The van der Waals surface area contributed by atoms with Crippen LogP contribution < -0.4 is 24.9 Å². The molecule has 2 atom stereocenters. The van der Waals surface area contributed by atoms with Crippen molar-refractivity contribution in [1.82, 2.24) is 78.9 Å². The molecule has 89 heavy (non-hydrogen) atoms. The maximum atomic E-state index is 14.0.